The third-order valence-electron chi connectivity index (χ3n) is 3.08. The molecule has 0 saturated carbocycles. The smallest absolute Gasteiger partial charge is 0.275 e. The lowest BCUT2D eigenvalue weighted by Crippen LogP contribution is -2.14. The Morgan fingerprint density at radius 2 is 2.05 bits per heavy atom. The molecule has 0 fully saturated rings. The average Bonchev–Trinajstić information content (AvgIpc) is 3.04. The van der Waals surface area contributed by atoms with Crippen LogP contribution < -0.4 is 5.32 Å². The van der Waals surface area contributed by atoms with E-state index in [0.717, 1.165) is 16.9 Å². The Hall–Kier alpha value is -3.16. The monoisotopic (exact) mass is 295 g/mol. The standard InChI is InChI=1S/C14H13N7O/c1-9-3-4-11(5-13(9)21-8-17-19-20-21)18-14(22)12-7-15-10(2)6-16-12/h3-8H,1-2H3,(H,18,22). The molecule has 3 rings (SSSR count). The van der Waals surface area contributed by atoms with Crippen LogP contribution in [0.1, 0.15) is 21.7 Å². The van der Waals surface area contributed by atoms with Gasteiger partial charge >= 0.3 is 0 Å². The second kappa shape index (κ2) is 5.68. The van der Waals surface area contributed by atoms with Crippen LogP contribution in [0.15, 0.2) is 36.9 Å². The van der Waals surface area contributed by atoms with E-state index in [-0.39, 0.29) is 11.6 Å². The zero-order valence-corrected chi connectivity index (χ0v) is 12.1. The SMILES string of the molecule is Cc1cnc(C(=O)Nc2ccc(C)c(-n3cnnn3)c2)cn1. The molecule has 0 aliphatic rings. The number of rotatable bonds is 3. The van der Waals surface area contributed by atoms with Gasteiger partial charge in [0, 0.05) is 11.9 Å². The summed E-state index contributed by atoms with van der Waals surface area (Å²) in [6.45, 7) is 3.75. The first-order valence-electron chi connectivity index (χ1n) is 6.57. The molecular formula is C14H13N7O. The normalized spacial score (nSPS) is 10.5. The van der Waals surface area contributed by atoms with Crippen LogP contribution in [0.4, 0.5) is 5.69 Å². The van der Waals surface area contributed by atoms with Crippen molar-refractivity contribution in [1.29, 1.82) is 0 Å². The summed E-state index contributed by atoms with van der Waals surface area (Å²) in [4.78, 5) is 20.3. The van der Waals surface area contributed by atoms with E-state index in [4.69, 9.17) is 0 Å². The fourth-order valence-corrected chi connectivity index (χ4v) is 1.91. The highest BCUT2D eigenvalue weighted by atomic mass is 16.1. The number of hydrogen-bond acceptors (Lipinski definition) is 6. The van der Waals surface area contributed by atoms with Crippen LogP contribution in [0.2, 0.25) is 0 Å². The molecule has 0 bridgehead atoms. The molecular weight excluding hydrogens is 282 g/mol. The Morgan fingerprint density at radius 1 is 1.18 bits per heavy atom. The minimum atomic E-state index is -0.320. The van der Waals surface area contributed by atoms with Crippen LogP contribution in [0, 0.1) is 13.8 Å². The van der Waals surface area contributed by atoms with E-state index < -0.39 is 0 Å². The number of carbonyl (C=O) groups excluding carboxylic acids is 1. The first-order chi connectivity index (χ1) is 10.6. The predicted molar refractivity (Wildman–Crippen MR) is 78.6 cm³/mol. The fraction of sp³-hybridized carbons (Fsp3) is 0.143. The van der Waals surface area contributed by atoms with Crippen molar-refractivity contribution in [2.24, 2.45) is 0 Å². The third kappa shape index (κ3) is 2.80. The van der Waals surface area contributed by atoms with Gasteiger partial charge in [0.15, 0.2) is 0 Å². The molecule has 0 aliphatic heterocycles. The summed E-state index contributed by atoms with van der Waals surface area (Å²) in [5, 5.41) is 13.9. The molecule has 0 atom stereocenters. The highest BCUT2D eigenvalue weighted by molar-refractivity contribution is 6.02. The summed E-state index contributed by atoms with van der Waals surface area (Å²) < 4.78 is 1.54. The summed E-state index contributed by atoms with van der Waals surface area (Å²) in [7, 11) is 0. The second-order valence-corrected chi connectivity index (χ2v) is 4.75. The van der Waals surface area contributed by atoms with Gasteiger partial charge in [-0.3, -0.25) is 9.78 Å². The van der Waals surface area contributed by atoms with Crippen molar-refractivity contribution in [1.82, 2.24) is 30.2 Å². The Morgan fingerprint density at radius 3 is 2.73 bits per heavy atom. The summed E-state index contributed by atoms with van der Waals surface area (Å²) in [5.41, 5.74) is 3.42. The van der Waals surface area contributed by atoms with E-state index in [1.54, 1.807) is 12.3 Å². The number of nitrogens with one attached hydrogen (secondary N) is 1. The van der Waals surface area contributed by atoms with Crippen LogP contribution in [0.3, 0.4) is 0 Å². The predicted octanol–water partition coefficient (Wildman–Crippen LogP) is 1.32. The summed E-state index contributed by atoms with van der Waals surface area (Å²) in [5.74, 6) is -0.320. The van der Waals surface area contributed by atoms with E-state index in [1.165, 1.54) is 17.2 Å². The molecule has 1 aromatic carbocycles. The van der Waals surface area contributed by atoms with Gasteiger partial charge in [0.2, 0.25) is 0 Å². The van der Waals surface area contributed by atoms with Crippen molar-refractivity contribution in [3.63, 3.8) is 0 Å². The van der Waals surface area contributed by atoms with Crippen LogP contribution >= 0.6 is 0 Å². The van der Waals surface area contributed by atoms with Gasteiger partial charge in [0.25, 0.3) is 5.91 Å². The molecule has 1 amide bonds. The van der Waals surface area contributed by atoms with E-state index in [0.29, 0.717) is 5.69 Å². The second-order valence-electron chi connectivity index (χ2n) is 4.75. The minimum absolute atomic E-state index is 0.259. The van der Waals surface area contributed by atoms with Crippen molar-refractivity contribution in [3.8, 4) is 5.69 Å². The van der Waals surface area contributed by atoms with E-state index in [9.17, 15) is 4.79 Å². The van der Waals surface area contributed by atoms with Gasteiger partial charge in [-0.25, -0.2) is 9.67 Å². The maximum atomic E-state index is 12.1. The van der Waals surface area contributed by atoms with Crippen molar-refractivity contribution < 1.29 is 4.79 Å². The van der Waals surface area contributed by atoms with E-state index in [2.05, 4.69) is 30.8 Å². The highest BCUT2D eigenvalue weighted by Gasteiger charge is 2.10. The van der Waals surface area contributed by atoms with Crippen molar-refractivity contribution >= 4 is 11.6 Å². The summed E-state index contributed by atoms with van der Waals surface area (Å²) in [6.07, 6.45) is 4.50. The molecule has 0 saturated heterocycles. The van der Waals surface area contributed by atoms with Crippen LogP contribution in [-0.4, -0.2) is 36.1 Å². The summed E-state index contributed by atoms with van der Waals surface area (Å²) in [6, 6.07) is 5.49. The van der Waals surface area contributed by atoms with Crippen molar-refractivity contribution in [2.45, 2.75) is 13.8 Å². The molecule has 22 heavy (non-hydrogen) atoms. The van der Waals surface area contributed by atoms with Crippen molar-refractivity contribution in [3.05, 3.63) is 53.9 Å². The molecule has 110 valence electrons. The van der Waals surface area contributed by atoms with E-state index >= 15 is 0 Å². The Kier molecular flexibility index (Phi) is 3.57. The van der Waals surface area contributed by atoms with Gasteiger partial charge in [0.05, 0.1) is 17.6 Å². The molecule has 2 heterocycles. The Balaban J connectivity index is 1.85. The Bertz CT molecular complexity index is 797. The average molecular weight is 295 g/mol. The summed E-state index contributed by atoms with van der Waals surface area (Å²) >= 11 is 0. The number of anilines is 1. The lowest BCUT2D eigenvalue weighted by Gasteiger charge is -2.09. The Labute approximate surface area is 126 Å². The number of aryl methyl sites for hydroxylation is 2. The first-order valence-corrected chi connectivity index (χ1v) is 6.57. The van der Waals surface area contributed by atoms with Gasteiger partial charge in [-0.2, -0.15) is 0 Å². The quantitative estimate of drug-likeness (QED) is 0.782. The number of nitrogens with zero attached hydrogens (tertiary/aromatic N) is 6. The van der Waals surface area contributed by atoms with Gasteiger partial charge in [0.1, 0.15) is 12.0 Å². The van der Waals surface area contributed by atoms with Crippen LogP contribution in [0.25, 0.3) is 5.69 Å². The molecule has 2 aromatic heterocycles. The van der Waals surface area contributed by atoms with Gasteiger partial charge < -0.3 is 5.32 Å². The van der Waals surface area contributed by atoms with Gasteiger partial charge in [-0.15, -0.1) is 5.10 Å². The largest absolute Gasteiger partial charge is 0.321 e. The number of amides is 1. The molecule has 8 nitrogen and oxygen atoms in total. The van der Waals surface area contributed by atoms with Crippen LogP contribution in [-0.2, 0) is 0 Å². The zero-order valence-electron chi connectivity index (χ0n) is 12.1. The third-order valence-corrected chi connectivity index (χ3v) is 3.08. The van der Waals surface area contributed by atoms with Crippen molar-refractivity contribution in [2.75, 3.05) is 5.32 Å². The fourth-order valence-electron chi connectivity index (χ4n) is 1.91. The lowest BCUT2D eigenvalue weighted by molar-refractivity contribution is 0.102. The number of benzene rings is 1. The number of hydrogen-bond donors (Lipinski definition) is 1. The first kappa shape index (κ1) is 13.8. The topological polar surface area (TPSA) is 98.5 Å². The maximum absolute atomic E-state index is 12.1. The minimum Gasteiger partial charge on any atom is -0.321 e. The van der Waals surface area contributed by atoms with Gasteiger partial charge in [-0.1, -0.05) is 6.07 Å². The molecule has 0 unspecified atom stereocenters. The zero-order chi connectivity index (χ0) is 15.5. The molecule has 0 aliphatic carbocycles. The molecule has 0 spiro atoms. The molecule has 1 N–H and O–H groups in total. The number of aromatic nitrogens is 6. The van der Waals surface area contributed by atoms with Crippen LogP contribution in [0.5, 0.6) is 0 Å². The van der Waals surface area contributed by atoms with E-state index in [1.807, 2.05) is 26.0 Å². The highest BCUT2D eigenvalue weighted by Crippen LogP contribution is 2.18. The number of tetrazole rings is 1. The van der Waals surface area contributed by atoms with Gasteiger partial charge in [-0.05, 0) is 42.0 Å². The molecule has 0 radical (unpaired) electrons. The maximum Gasteiger partial charge on any atom is 0.275 e. The lowest BCUT2D eigenvalue weighted by atomic mass is 10.2. The number of carbonyl (C=O) groups is 1. The molecule has 8 heteroatoms. The molecule has 3 aromatic rings.